The zero-order valence-corrected chi connectivity index (χ0v) is 16.4. The zero-order valence-electron chi connectivity index (χ0n) is 16.4. The summed E-state index contributed by atoms with van der Waals surface area (Å²) >= 11 is 0. The Morgan fingerprint density at radius 3 is 1.68 bits per heavy atom. The summed E-state index contributed by atoms with van der Waals surface area (Å²) < 4.78 is 29.7. The van der Waals surface area contributed by atoms with Crippen molar-refractivity contribution in [3.63, 3.8) is 0 Å². The maximum absolute atomic E-state index is 9.76. The Hall–Kier alpha value is -0.240. The van der Waals surface area contributed by atoms with Crippen molar-refractivity contribution >= 4 is 0 Å². The standard InChI is InChI=1S/C19H38O6/c1-5-8-11-22-16-15(14-20)25-19(21-4)18(24-13-10-7-3)17(16)23-12-9-6-2/h15-20H,5-14H2,1-4H3/t15?,16-,17-,18?,19-/m0/s1. The maximum Gasteiger partial charge on any atom is 0.186 e. The second-order valence-electron chi connectivity index (χ2n) is 6.53. The van der Waals surface area contributed by atoms with Gasteiger partial charge < -0.3 is 28.8 Å². The van der Waals surface area contributed by atoms with Crippen LogP contribution in [0.3, 0.4) is 0 Å². The predicted octanol–water partition coefficient (Wildman–Crippen LogP) is 2.91. The van der Waals surface area contributed by atoms with E-state index in [0.29, 0.717) is 19.8 Å². The summed E-state index contributed by atoms with van der Waals surface area (Å²) in [6.07, 6.45) is 4.02. The summed E-state index contributed by atoms with van der Waals surface area (Å²) in [5.74, 6) is 0. The predicted molar refractivity (Wildman–Crippen MR) is 96.7 cm³/mol. The van der Waals surface area contributed by atoms with Crippen LogP contribution in [-0.4, -0.2) is 69.3 Å². The topological polar surface area (TPSA) is 66.4 Å². The van der Waals surface area contributed by atoms with Crippen LogP contribution in [0.25, 0.3) is 0 Å². The number of rotatable bonds is 14. The van der Waals surface area contributed by atoms with Crippen molar-refractivity contribution in [1.82, 2.24) is 0 Å². The molecule has 0 radical (unpaired) electrons. The highest BCUT2D eigenvalue weighted by Gasteiger charge is 2.48. The number of methoxy groups -OCH3 is 1. The minimum atomic E-state index is -0.563. The lowest BCUT2D eigenvalue weighted by Gasteiger charge is -2.45. The van der Waals surface area contributed by atoms with Gasteiger partial charge in [0.15, 0.2) is 6.29 Å². The van der Waals surface area contributed by atoms with E-state index in [0.717, 1.165) is 38.5 Å². The monoisotopic (exact) mass is 362 g/mol. The molecule has 1 aliphatic heterocycles. The molecule has 1 N–H and O–H groups in total. The van der Waals surface area contributed by atoms with Crippen molar-refractivity contribution in [3.8, 4) is 0 Å². The van der Waals surface area contributed by atoms with E-state index in [9.17, 15) is 5.11 Å². The van der Waals surface area contributed by atoms with Crippen LogP contribution in [0.2, 0.25) is 0 Å². The number of aliphatic hydroxyl groups is 1. The van der Waals surface area contributed by atoms with Gasteiger partial charge in [-0.1, -0.05) is 40.0 Å². The first-order valence-corrected chi connectivity index (χ1v) is 9.87. The average molecular weight is 363 g/mol. The molecule has 0 spiro atoms. The molecular formula is C19H38O6. The number of ether oxygens (including phenoxy) is 5. The summed E-state index contributed by atoms with van der Waals surface area (Å²) in [7, 11) is 1.59. The Balaban J connectivity index is 2.87. The normalized spacial score (nSPS) is 29.9. The van der Waals surface area contributed by atoms with Crippen molar-refractivity contribution in [1.29, 1.82) is 0 Å². The Morgan fingerprint density at radius 1 is 0.760 bits per heavy atom. The van der Waals surface area contributed by atoms with Crippen LogP contribution in [0.4, 0.5) is 0 Å². The molecule has 0 saturated carbocycles. The third kappa shape index (κ3) is 7.49. The molecule has 0 aromatic carbocycles. The Bertz CT molecular complexity index is 290. The van der Waals surface area contributed by atoms with E-state index >= 15 is 0 Å². The summed E-state index contributed by atoms with van der Waals surface area (Å²) in [5.41, 5.74) is 0. The molecule has 2 unspecified atom stereocenters. The van der Waals surface area contributed by atoms with E-state index in [4.69, 9.17) is 23.7 Å². The summed E-state index contributed by atoms with van der Waals surface area (Å²) in [5, 5.41) is 9.76. The molecule has 1 aliphatic rings. The van der Waals surface area contributed by atoms with Gasteiger partial charge >= 0.3 is 0 Å². The maximum atomic E-state index is 9.76. The van der Waals surface area contributed by atoms with E-state index < -0.39 is 12.4 Å². The molecule has 1 saturated heterocycles. The van der Waals surface area contributed by atoms with Crippen molar-refractivity contribution < 1.29 is 28.8 Å². The third-order valence-corrected chi connectivity index (χ3v) is 4.43. The van der Waals surface area contributed by atoms with Crippen LogP contribution in [-0.2, 0) is 23.7 Å². The molecule has 0 aromatic heterocycles. The van der Waals surface area contributed by atoms with Gasteiger partial charge in [-0.05, 0) is 19.3 Å². The molecule has 0 aromatic rings. The zero-order chi connectivity index (χ0) is 18.5. The fraction of sp³-hybridized carbons (Fsp3) is 1.00. The highest BCUT2D eigenvalue weighted by molar-refractivity contribution is 4.92. The van der Waals surface area contributed by atoms with Gasteiger partial charge in [0.2, 0.25) is 0 Å². The minimum absolute atomic E-state index is 0.133. The van der Waals surface area contributed by atoms with Crippen LogP contribution >= 0.6 is 0 Å². The van der Waals surface area contributed by atoms with Gasteiger partial charge in [-0.25, -0.2) is 0 Å². The van der Waals surface area contributed by atoms with Gasteiger partial charge in [0.1, 0.15) is 24.4 Å². The van der Waals surface area contributed by atoms with Gasteiger partial charge in [0.05, 0.1) is 6.61 Å². The van der Waals surface area contributed by atoms with Crippen LogP contribution in [0.1, 0.15) is 59.3 Å². The lowest BCUT2D eigenvalue weighted by Crippen LogP contribution is -2.61. The number of hydrogen-bond donors (Lipinski definition) is 1. The molecule has 0 amide bonds. The van der Waals surface area contributed by atoms with Crippen molar-refractivity contribution in [3.05, 3.63) is 0 Å². The molecule has 1 rings (SSSR count). The fourth-order valence-electron chi connectivity index (χ4n) is 2.87. The van der Waals surface area contributed by atoms with Gasteiger partial charge in [-0.3, -0.25) is 0 Å². The second-order valence-corrected chi connectivity index (χ2v) is 6.53. The van der Waals surface area contributed by atoms with Crippen molar-refractivity contribution in [2.75, 3.05) is 33.5 Å². The minimum Gasteiger partial charge on any atom is -0.394 e. The first-order chi connectivity index (χ1) is 12.2. The SMILES string of the molecule is CCCCOC1[C@@H](OC)OC(CO)[C@H](OCCCC)[C@@H]1OCCCC. The molecular weight excluding hydrogens is 324 g/mol. The van der Waals surface area contributed by atoms with Crippen LogP contribution < -0.4 is 0 Å². The Morgan fingerprint density at radius 2 is 1.24 bits per heavy atom. The highest BCUT2D eigenvalue weighted by Crippen LogP contribution is 2.29. The number of unbranched alkanes of at least 4 members (excludes halogenated alkanes) is 3. The fourth-order valence-corrected chi connectivity index (χ4v) is 2.87. The van der Waals surface area contributed by atoms with E-state index in [-0.39, 0.29) is 24.9 Å². The van der Waals surface area contributed by atoms with Gasteiger partial charge in [0.25, 0.3) is 0 Å². The number of hydrogen-bond acceptors (Lipinski definition) is 6. The quantitative estimate of drug-likeness (QED) is 0.479. The summed E-state index contributed by atoms with van der Waals surface area (Å²) in [4.78, 5) is 0. The van der Waals surface area contributed by atoms with Crippen molar-refractivity contribution in [2.45, 2.75) is 90.0 Å². The molecule has 1 fully saturated rings. The first kappa shape index (κ1) is 22.8. The average Bonchev–Trinajstić information content (AvgIpc) is 2.63. The Labute approximate surface area is 153 Å². The van der Waals surface area contributed by atoms with Crippen LogP contribution in [0.15, 0.2) is 0 Å². The Kier molecular flexibility index (Phi) is 12.7. The van der Waals surface area contributed by atoms with Gasteiger partial charge in [-0.2, -0.15) is 0 Å². The smallest absolute Gasteiger partial charge is 0.186 e. The molecule has 150 valence electrons. The molecule has 0 bridgehead atoms. The van der Waals surface area contributed by atoms with Crippen LogP contribution in [0.5, 0.6) is 0 Å². The highest BCUT2D eigenvalue weighted by atomic mass is 16.7. The van der Waals surface area contributed by atoms with E-state index in [1.807, 2.05) is 0 Å². The lowest BCUT2D eigenvalue weighted by molar-refractivity contribution is -0.316. The second kappa shape index (κ2) is 13.9. The summed E-state index contributed by atoms with van der Waals surface area (Å²) in [6, 6.07) is 0. The molecule has 0 aliphatic carbocycles. The molecule has 25 heavy (non-hydrogen) atoms. The van der Waals surface area contributed by atoms with E-state index in [2.05, 4.69) is 20.8 Å². The molecule has 6 nitrogen and oxygen atoms in total. The van der Waals surface area contributed by atoms with Crippen molar-refractivity contribution in [2.24, 2.45) is 0 Å². The van der Waals surface area contributed by atoms with Gasteiger partial charge in [-0.15, -0.1) is 0 Å². The van der Waals surface area contributed by atoms with E-state index in [1.54, 1.807) is 7.11 Å². The first-order valence-electron chi connectivity index (χ1n) is 9.87. The largest absolute Gasteiger partial charge is 0.394 e. The van der Waals surface area contributed by atoms with Gasteiger partial charge in [0, 0.05) is 26.9 Å². The molecule has 6 heteroatoms. The number of aliphatic hydroxyl groups excluding tert-OH is 1. The molecule has 5 atom stereocenters. The van der Waals surface area contributed by atoms with E-state index in [1.165, 1.54) is 0 Å². The van der Waals surface area contributed by atoms with Crippen LogP contribution in [0, 0.1) is 0 Å². The summed E-state index contributed by atoms with van der Waals surface area (Å²) in [6.45, 7) is 8.13. The third-order valence-electron chi connectivity index (χ3n) is 4.43. The molecule has 1 heterocycles. The lowest BCUT2D eigenvalue weighted by atomic mass is 9.98.